The number of rotatable bonds is 6. The lowest BCUT2D eigenvalue weighted by molar-refractivity contribution is -0.136. The molecule has 0 saturated heterocycles. The van der Waals surface area contributed by atoms with Gasteiger partial charge in [0, 0.05) is 28.3 Å². The number of para-hydroxylation sites is 2. The Morgan fingerprint density at radius 1 is 1.14 bits per heavy atom. The molecule has 0 aliphatic rings. The third-order valence-electron chi connectivity index (χ3n) is 5.04. The van der Waals surface area contributed by atoms with Crippen LogP contribution in [0, 0.1) is 11.8 Å². The van der Waals surface area contributed by atoms with Crippen LogP contribution in [0.4, 0.5) is 5.69 Å². The molecule has 0 radical (unpaired) electrons. The van der Waals surface area contributed by atoms with Gasteiger partial charge in [0.15, 0.2) is 0 Å². The largest absolute Gasteiger partial charge is 0.466 e. The molecule has 3 aromatic rings. The molecule has 0 aliphatic heterocycles. The van der Waals surface area contributed by atoms with Gasteiger partial charge in [-0.15, -0.1) is 0 Å². The molecular weight excluding hydrogens is 484 g/mol. The fraction of sp³-hybridized carbons (Fsp3) is 0.111. The summed E-state index contributed by atoms with van der Waals surface area (Å²) in [5.74, 6) is 5.55. The van der Waals surface area contributed by atoms with Gasteiger partial charge in [0.2, 0.25) is 0 Å². The first-order valence-corrected chi connectivity index (χ1v) is 12.3. The summed E-state index contributed by atoms with van der Waals surface area (Å²) in [4.78, 5) is 15.9. The Bertz CT molecular complexity index is 1540. The lowest BCUT2D eigenvalue weighted by Gasteiger charge is -2.12. The molecule has 0 amide bonds. The van der Waals surface area contributed by atoms with Crippen LogP contribution in [0.15, 0.2) is 95.1 Å². The fourth-order valence-electron chi connectivity index (χ4n) is 3.28. The van der Waals surface area contributed by atoms with Gasteiger partial charge >= 0.3 is 5.97 Å². The predicted molar refractivity (Wildman–Crippen MR) is 140 cm³/mol. The summed E-state index contributed by atoms with van der Waals surface area (Å²) in [6.07, 6.45) is 4.69. The SMILES string of the molecule is C=C/C(C#Cc1ccccc1NS(=O)(=O)c1cccc2c(Cl)ccnc12)=C(C)\C=C(/C)C(=O)OC. The molecule has 35 heavy (non-hydrogen) atoms. The highest BCUT2D eigenvalue weighted by Crippen LogP contribution is 2.28. The van der Waals surface area contributed by atoms with Crippen molar-refractivity contribution in [3.8, 4) is 11.8 Å². The number of sulfonamides is 1. The third kappa shape index (κ3) is 5.99. The van der Waals surface area contributed by atoms with Crippen molar-refractivity contribution in [2.75, 3.05) is 11.8 Å². The second-order valence-electron chi connectivity index (χ2n) is 7.47. The van der Waals surface area contributed by atoms with Gasteiger partial charge < -0.3 is 4.74 Å². The van der Waals surface area contributed by atoms with Crippen molar-refractivity contribution in [1.29, 1.82) is 0 Å². The number of hydrogen-bond donors (Lipinski definition) is 1. The molecule has 1 N–H and O–H groups in total. The molecule has 178 valence electrons. The van der Waals surface area contributed by atoms with Crippen LogP contribution in [0.3, 0.4) is 0 Å². The summed E-state index contributed by atoms with van der Waals surface area (Å²) in [7, 11) is -2.69. The van der Waals surface area contributed by atoms with E-state index in [1.165, 1.54) is 19.4 Å². The van der Waals surface area contributed by atoms with E-state index in [2.05, 4.69) is 28.1 Å². The first-order valence-electron chi connectivity index (χ1n) is 10.4. The van der Waals surface area contributed by atoms with Crippen LogP contribution in [0.25, 0.3) is 10.9 Å². The average Bonchev–Trinajstić information content (AvgIpc) is 2.84. The van der Waals surface area contributed by atoms with Gasteiger partial charge in [-0.3, -0.25) is 9.71 Å². The first kappa shape index (κ1) is 25.8. The number of fused-ring (bicyclic) bond motifs is 1. The molecule has 3 rings (SSSR count). The summed E-state index contributed by atoms with van der Waals surface area (Å²) >= 11 is 6.22. The number of hydrogen-bond acceptors (Lipinski definition) is 5. The lowest BCUT2D eigenvalue weighted by Crippen LogP contribution is -2.14. The number of carbonyl (C=O) groups is 1. The topological polar surface area (TPSA) is 85.4 Å². The van der Waals surface area contributed by atoms with Gasteiger partial charge in [0.25, 0.3) is 10.0 Å². The monoisotopic (exact) mass is 506 g/mol. The smallest absolute Gasteiger partial charge is 0.333 e. The number of esters is 1. The Morgan fingerprint density at radius 3 is 2.60 bits per heavy atom. The second kappa shape index (κ2) is 11.0. The zero-order valence-electron chi connectivity index (χ0n) is 19.4. The number of nitrogens with one attached hydrogen (secondary N) is 1. The lowest BCUT2D eigenvalue weighted by atomic mass is 10.1. The minimum absolute atomic E-state index is 0.00575. The molecule has 8 heteroatoms. The molecule has 1 aromatic heterocycles. The molecule has 0 aliphatic carbocycles. The van der Waals surface area contributed by atoms with Crippen molar-refractivity contribution in [3.05, 3.63) is 101 Å². The molecule has 0 unspecified atom stereocenters. The number of anilines is 1. The summed E-state index contributed by atoms with van der Waals surface area (Å²) in [6.45, 7) is 7.23. The highest BCUT2D eigenvalue weighted by atomic mass is 35.5. The number of methoxy groups -OCH3 is 1. The number of halogens is 1. The zero-order chi connectivity index (χ0) is 25.6. The van der Waals surface area contributed by atoms with Gasteiger partial charge in [-0.05, 0) is 49.8 Å². The van der Waals surface area contributed by atoms with E-state index in [1.54, 1.807) is 68.5 Å². The minimum atomic E-state index is -4.00. The van der Waals surface area contributed by atoms with E-state index < -0.39 is 16.0 Å². The Morgan fingerprint density at radius 2 is 1.89 bits per heavy atom. The van der Waals surface area contributed by atoms with Crippen LogP contribution in [0.5, 0.6) is 0 Å². The highest BCUT2D eigenvalue weighted by Gasteiger charge is 2.20. The van der Waals surface area contributed by atoms with Crippen LogP contribution in [-0.4, -0.2) is 26.5 Å². The molecule has 0 atom stereocenters. The number of allylic oxidation sites excluding steroid dienone is 4. The highest BCUT2D eigenvalue weighted by molar-refractivity contribution is 7.93. The molecule has 0 bridgehead atoms. The van der Waals surface area contributed by atoms with Crippen LogP contribution in [0.2, 0.25) is 5.02 Å². The minimum Gasteiger partial charge on any atom is -0.466 e. The molecule has 1 heterocycles. The van der Waals surface area contributed by atoms with Gasteiger partial charge in [-0.25, -0.2) is 13.2 Å². The van der Waals surface area contributed by atoms with Crippen molar-refractivity contribution in [2.24, 2.45) is 0 Å². The number of benzene rings is 2. The van der Waals surface area contributed by atoms with Crippen molar-refractivity contribution >= 4 is 44.2 Å². The van der Waals surface area contributed by atoms with E-state index in [4.69, 9.17) is 16.3 Å². The van der Waals surface area contributed by atoms with Crippen LogP contribution in [-0.2, 0) is 19.6 Å². The maximum atomic E-state index is 13.3. The zero-order valence-corrected chi connectivity index (χ0v) is 21.0. The van der Waals surface area contributed by atoms with Gasteiger partial charge in [0.05, 0.1) is 23.3 Å². The van der Waals surface area contributed by atoms with Crippen LogP contribution in [0.1, 0.15) is 19.4 Å². The van der Waals surface area contributed by atoms with Crippen molar-refractivity contribution in [1.82, 2.24) is 4.98 Å². The Kier molecular flexibility index (Phi) is 8.13. The van der Waals surface area contributed by atoms with E-state index in [0.717, 1.165) is 0 Å². The van der Waals surface area contributed by atoms with Crippen LogP contribution >= 0.6 is 11.6 Å². The molecule has 0 fully saturated rings. The number of ether oxygens (including phenoxy) is 1. The van der Waals surface area contributed by atoms with Gasteiger partial charge in [0.1, 0.15) is 4.90 Å². The van der Waals surface area contributed by atoms with Crippen LogP contribution < -0.4 is 4.72 Å². The molecule has 0 saturated carbocycles. The summed E-state index contributed by atoms with van der Waals surface area (Å²) in [5, 5.41) is 0.950. The van der Waals surface area contributed by atoms with E-state index in [9.17, 15) is 13.2 Å². The molecule has 0 spiro atoms. The van der Waals surface area contributed by atoms with E-state index >= 15 is 0 Å². The maximum absolute atomic E-state index is 13.3. The standard InChI is InChI=1S/C27H23ClN2O4S/c1-5-20(18(2)17-19(3)27(31)34-4)13-14-21-9-6-7-11-24(21)30-35(32,33)25-12-8-10-22-23(28)15-16-29-26(22)25/h5-12,15-17,30H,1H2,2-4H3/b19-17+,20-18+. The summed E-state index contributed by atoms with van der Waals surface area (Å²) in [5.41, 5.74) is 2.76. The maximum Gasteiger partial charge on any atom is 0.333 e. The molecule has 2 aromatic carbocycles. The molecule has 6 nitrogen and oxygen atoms in total. The van der Waals surface area contributed by atoms with E-state index in [0.29, 0.717) is 38.4 Å². The number of nitrogens with zero attached hydrogens (tertiary/aromatic N) is 1. The first-order chi connectivity index (χ1) is 16.7. The second-order valence-corrected chi connectivity index (χ2v) is 9.52. The predicted octanol–water partition coefficient (Wildman–Crippen LogP) is 5.66. The Balaban J connectivity index is 2.01. The van der Waals surface area contributed by atoms with Crippen molar-refractivity contribution < 1.29 is 17.9 Å². The number of carbonyl (C=O) groups excluding carboxylic acids is 1. The quantitative estimate of drug-likeness (QED) is 0.202. The Labute approximate surface area is 210 Å². The van der Waals surface area contributed by atoms with Gasteiger partial charge in [-0.2, -0.15) is 0 Å². The fourth-order valence-corrected chi connectivity index (χ4v) is 4.74. The van der Waals surface area contributed by atoms with Crippen molar-refractivity contribution in [2.45, 2.75) is 18.7 Å². The number of pyridine rings is 1. The molecular formula is C27H23ClN2O4S. The summed E-state index contributed by atoms with van der Waals surface area (Å²) < 4.78 is 33.9. The Hall–Kier alpha value is -3.86. The normalized spacial score (nSPS) is 12.3. The van der Waals surface area contributed by atoms with Gasteiger partial charge in [-0.1, -0.05) is 60.4 Å². The average molecular weight is 507 g/mol. The number of aromatic nitrogens is 1. The van der Waals surface area contributed by atoms with Crippen molar-refractivity contribution in [3.63, 3.8) is 0 Å². The summed E-state index contributed by atoms with van der Waals surface area (Å²) in [6, 6.07) is 13.2. The van der Waals surface area contributed by atoms with E-state index in [1.807, 2.05) is 0 Å². The third-order valence-corrected chi connectivity index (χ3v) is 6.77. The van der Waals surface area contributed by atoms with E-state index in [-0.39, 0.29) is 10.4 Å².